The average Bonchev–Trinajstić information content (AvgIpc) is 2.85. The molecule has 100 valence electrons. The summed E-state index contributed by atoms with van der Waals surface area (Å²) in [5, 5.41) is 1.78. The van der Waals surface area contributed by atoms with Gasteiger partial charge in [-0.15, -0.1) is 11.3 Å². The average molecular weight is 358 g/mol. The molecule has 0 N–H and O–H groups in total. The molecule has 3 nitrogen and oxygen atoms in total. The molecule has 0 amide bonds. The van der Waals surface area contributed by atoms with Crippen molar-refractivity contribution in [1.82, 2.24) is 0 Å². The maximum Gasteiger partial charge on any atom is 0.274 e. The number of hydrogen-bond donors (Lipinski definition) is 0. The van der Waals surface area contributed by atoms with E-state index >= 15 is 0 Å². The van der Waals surface area contributed by atoms with Gasteiger partial charge in [0, 0.05) is 11.0 Å². The molecule has 0 spiro atoms. The monoisotopic (exact) mass is 357 g/mol. The van der Waals surface area contributed by atoms with Crippen molar-refractivity contribution in [2.24, 2.45) is 0 Å². The molecule has 6 heteroatoms. The number of thiophene rings is 1. The molecule has 0 radical (unpaired) electrons. The Kier molecular flexibility index (Phi) is 3.41. The zero-order valence-electron chi connectivity index (χ0n) is 10.0. The van der Waals surface area contributed by atoms with Crippen molar-refractivity contribution in [3.05, 3.63) is 45.7 Å². The first-order valence-electron chi connectivity index (χ1n) is 5.94. The third-order valence-corrected chi connectivity index (χ3v) is 7.64. The topological polar surface area (TPSA) is 37.4 Å². The van der Waals surface area contributed by atoms with Gasteiger partial charge in [0.2, 0.25) is 0 Å². The van der Waals surface area contributed by atoms with Crippen molar-refractivity contribution in [2.75, 3.05) is 10.8 Å². The van der Waals surface area contributed by atoms with Crippen LogP contribution in [-0.2, 0) is 16.4 Å². The van der Waals surface area contributed by atoms with Crippen LogP contribution in [-0.4, -0.2) is 15.0 Å². The largest absolute Gasteiger partial charge is 0.274 e. The molecule has 19 heavy (non-hydrogen) atoms. The molecule has 2 aromatic rings. The Morgan fingerprint density at radius 3 is 2.74 bits per heavy atom. The number of fused-ring (bicyclic) bond motifs is 1. The van der Waals surface area contributed by atoms with Gasteiger partial charge in [0.05, 0.1) is 5.69 Å². The molecule has 2 heterocycles. The molecule has 3 rings (SSSR count). The van der Waals surface area contributed by atoms with E-state index in [1.54, 1.807) is 11.4 Å². The van der Waals surface area contributed by atoms with Crippen LogP contribution in [0.25, 0.3) is 0 Å². The molecule has 0 atom stereocenters. The van der Waals surface area contributed by atoms with Crippen molar-refractivity contribution in [2.45, 2.75) is 17.1 Å². The van der Waals surface area contributed by atoms with Crippen molar-refractivity contribution in [3.8, 4) is 0 Å². The predicted molar refractivity (Wildman–Crippen MR) is 81.3 cm³/mol. The second-order valence-corrected chi connectivity index (χ2v) is 8.19. The summed E-state index contributed by atoms with van der Waals surface area (Å²) in [5.41, 5.74) is 1.92. The normalized spacial score (nSPS) is 15.3. The summed E-state index contributed by atoms with van der Waals surface area (Å²) in [5.74, 6) is 0. The Morgan fingerprint density at radius 1 is 1.21 bits per heavy atom. The van der Waals surface area contributed by atoms with E-state index in [4.69, 9.17) is 0 Å². The molecule has 0 saturated carbocycles. The molecule has 0 fully saturated rings. The minimum Gasteiger partial charge on any atom is -0.265 e. The molecule has 1 aliphatic heterocycles. The first-order chi connectivity index (χ1) is 9.10. The Hall–Kier alpha value is -0.850. The van der Waals surface area contributed by atoms with E-state index in [0.717, 1.165) is 24.1 Å². The number of hydrogen-bond acceptors (Lipinski definition) is 3. The number of rotatable bonds is 2. The van der Waals surface area contributed by atoms with Crippen LogP contribution in [0.2, 0.25) is 0 Å². The molecule has 0 bridgehead atoms. The number of nitrogens with zero attached hydrogens (tertiary/aromatic N) is 1. The number of sulfonamides is 1. The first-order valence-corrected chi connectivity index (χ1v) is 9.05. The molecule has 0 aliphatic carbocycles. The summed E-state index contributed by atoms with van der Waals surface area (Å²) >= 11 is 4.56. The van der Waals surface area contributed by atoms with E-state index in [1.165, 1.54) is 15.6 Å². The standard InChI is InChI=1S/C13H12BrNO2S2/c14-11-7-9-18-13(11)19(16,17)15-8-3-5-10-4-1-2-6-12(10)15/h1-2,4,6-7,9H,3,5,8H2. The quantitative estimate of drug-likeness (QED) is 0.822. The minimum absolute atomic E-state index is 0.379. The highest BCUT2D eigenvalue weighted by molar-refractivity contribution is 9.10. The highest BCUT2D eigenvalue weighted by Gasteiger charge is 2.31. The zero-order valence-corrected chi connectivity index (χ0v) is 13.3. The summed E-state index contributed by atoms with van der Waals surface area (Å²) in [6.07, 6.45) is 1.80. The summed E-state index contributed by atoms with van der Waals surface area (Å²) in [6.45, 7) is 0.545. The fraction of sp³-hybridized carbons (Fsp3) is 0.231. The lowest BCUT2D eigenvalue weighted by Crippen LogP contribution is -2.35. The van der Waals surface area contributed by atoms with E-state index in [-0.39, 0.29) is 0 Å². The number of benzene rings is 1. The van der Waals surface area contributed by atoms with Gasteiger partial charge in [-0.1, -0.05) is 18.2 Å². The van der Waals surface area contributed by atoms with Gasteiger partial charge < -0.3 is 0 Å². The SMILES string of the molecule is O=S(=O)(c1sccc1Br)N1CCCc2ccccc21. The summed E-state index contributed by atoms with van der Waals surface area (Å²) in [4.78, 5) is 0. The molecular formula is C13H12BrNO2S2. The fourth-order valence-corrected chi connectivity index (χ4v) is 6.27. The lowest BCUT2D eigenvalue weighted by molar-refractivity contribution is 0.588. The van der Waals surface area contributed by atoms with Crippen LogP contribution in [0.5, 0.6) is 0 Å². The van der Waals surface area contributed by atoms with Gasteiger partial charge in [0.25, 0.3) is 10.0 Å². The van der Waals surface area contributed by atoms with Crippen LogP contribution in [0, 0.1) is 0 Å². The lowest BCUT2D eigenvalue weighted by atomic mass is 10.0. The predicted octanol–water partition coefficient (Wildman–Crippen LogP) is 3.65. The molecular weight excluding hydrogens is 346 g/mol. The van der Waals surface area contributed by atoms with Crippen molar-refractivity contribution in [1.29, 1.82) is 0 Å². The van der Waals surface area contributed by atoms with Crippen LogP contribution >= 0.6 is 27.3 Å². The lowest BCUT2D eigenvalue weighted by Gasteiger charge is -2.30. The molecule has 0 saturated heterocycles. The molecule has 1 aromatic heterocycles. The second-order valence-electron chi connectivity index (χ2n) is 4.37. The van der Waals surface area contributed by atoms with Crippen LogP contribution in [0.1, 0.15) is 12.0 Å². The van der Waals surface area contributed by atoms with E-state index < -0.39 is 10.0 Å². The number of anilines is 1. The van der Waals surface area contributed by atoms with Gasteiger partial charge in [0.1, 0.15) is 0 Å². The molecule has 1 aromatic carbocycles. The van der Waals surface area contributed by atoms with Gasteiger partial charge >= 0.3 is 0 Å². The number of halogens is 1. The van der Waals surface area contributed by atoms with Crippen molar-refractivity contribution < 1.29 is 8.42 Å². The van der Waals surface area contributed by atoms with Crippen LogP contribution in [0.15, 0.2) is 44.4 Å². The summed E-state index contributed by atoms with van der Waals surface area (Å²) in [7, 11) is -3.46. The van der Waals surface area contributed by atoms with E-state index in [1.807, 2.05) is 24.3 Å². The third kappa shape index (κ3) is 2.22. The second kappa shape index (κ2) is 4.92. The van der Waals surface area contributed by atoms with Crippen LogP contribution in [0.4, 0.5) is 5.69 Å². The third-order valence-electron chi connectivity index (χ3n) is 3.18. The Bertz CT molecular complexity index is 709. The van der Waals surface area contributed by atoms with Gasteiger partial charge in [-0.2, -0.15) is 0 Å². The van der Waals surface area contributed by atoms with Gasteiger partial charge in [-0.25, -0.2) is 8.42 Å². The van der Waals surface area contributed by atoms with Gasteiger partial charge in [-0.3, -0.25) is 4.31 Å². The number of para-hydroxylation sites is 1. The fourth-order valence-electron chi connectivity index (χ4n) is 2.31. The molecule has 0 unspecified atom stereocenters. The van der Waals surface area contributed by atoms with Crippen LogP contribution < -0.4 is 4.31 Å². The van der Waals surface area contributed by atoms with E-state index in [9.17, 15) is 8.42 Å². The van der Waals surface area contributed by atoms with Gasteiger partial charge in [0.15, 0.2) is 4.21 Å². The van der Waals surface area contributed by atoms with Crippen molar-refractivity contribution in [3.63, 3.8) is 0 Å². The Morgan fingerprint density at radius 2 is 2.00 bits per heavy atom. The maximum atomic E-state index is 12.7. The highest BCUT2D eigenvalue weighted by atomic mass is 79.9. The Balaban J connectivity index is 2.12. The Labute approximate surface area is 125 Å². The molecule has 1 aliphatic rings. The van der Waals surface area contributed by atoms with E-state index in [2.05, 4.69) is 15.9 Å². The summed E-state index contributed by atoms with van der Waals surface area (Å²) in [6, 6.07) is 9.49. The highest BCUT2D eigenvalue weighted by Crippen LogP contribution is 2.36. The van der Waals surface area contributed by atoms with Gasteiger partial charge in [-0.05, 0) is 51.8 Å². The van der Waals surface area contributed by atoms with Crippen LogP contribution in [0.3, 0.4) is 0 Å². The zero-order chi connectivity index (χ0) is 13.5. The maximum absolute atomic E-state index is 12.7. The first kappa shape index (κ1) is 13.1. The smallest absolute Gasteiger partial charge is 0.265 e. The minimum atomic E-state index is -3.46. The number of aryl methyl sites for hydroxylation is 1. The summed E-state index contributed by atoms with van der Waals surface area (Å²) < 4.78 is 28.0. The van der Waals surface area contributed by atoms with Crippen molar-refractivity contribution >= 4 is 43.0 Å². The van der Waals surface area contributed by atoms with E-state index in [0.29, 0.717) is 15.2 Å².